The summed E-state index contributed by atoms with van der Waals surface area (Å²) in [6, 6.07) is 15.4. The number of aryl methyl sites for hydroxylation is 3. The minimum Gasteiger partial charge on any atom is -0.0587 e. The molecule has 0 saturated heterocycles. The van der Waals surface area contributed by atoms with E-state index in [1.807, 2.05) is 0 Å². The Morgan fingerprint density at radius 1 is 0.882 bits per heavy atom. The summed E-state index contributed by atoms with van der Waals surface area (Å²) in [5, 5.41) is 0. The van der Waals surface area contributed by atoms with Crippen molar-refractivity contribution in [2.45, 2.75) is 26.7 Å². The van der Waals surface area contributed by atoms with E-state index in [2.05, 4.69) is 63.2 Å². The predicted molar refractivity (Wildman–Crippen MR) is 75.0 cm³/mol. The lowest BCUT2D eigenvalue weighted by atomic mass is 9.97. The van der Waals surface area contributed by atoms with Crippen molar-refractivity contribution in [1.29, 1.82) is 0 Å². The second-order valence-corrected chi connectivity index (χ2v) is 4.61. The van der Waals surface area contributed by atoms with Gasteiger partial charge in [-0.1, -0.05) is 55.0 Å². The molecule has 0 aliphatic heterocycles. The van der Waals surface area contributed by atoms with Crippen LogP contribution in [0.2, 0.25) is 0 Å². The average Bonchev–Trinajstić information content (AvgIpc) is 2.33. The SMILES string of the molecule is [CH2]CCc1ccc(-c2ccc(C)cc2)cc1C. The van der Waals surface area contributed by atoms with Crippen LogP contribution in [0.15, 0.2) is 42.5 Å². The Kier molecular flexibility index (Phi) is 3.63. The van der Waals surface area contributed by atoms with Gasteiger partial charge in [-0.2, -0.15) is 0 Å². The summed E-state index contributed by atoms with van der Waals surface area (Å²) in [6.45, 7) is 8.21. The van der Waals surface area contributed by atoms with Crippen molar-refractivity contribution in [2.75, 3.05) is 0 Å². The summed E-state index contributed by atoms with van der Waals surface area (Å²) >= 11 is 0. The molecule has 87 valence electrons. The molecule has 0 bridgehead atoms. The van der Waals surface area contributed by atoms with Crippen molar-refractivity contribution in [3.8, 4) is 11.1 Å². The third-order valence-electron chi connectivity index (χ3n) is 3.17. The monoisotopic (exact) mass is 223 g/mol. The fourth-order valence-electron chi connectivity index (χ4n) is 2.09. The Hall–Kier alpha value is -1.56. The number of rotatable bonds is 3. The highest BCUT2D eigenvalue weighted by atomic mass is 14.1. The molecule has 0 aliphatic rings. The van der Waals surface area contributed by atoms with Gasteiger partial charge in [-0.25, -0.2) is 0 Å². The number of benzene rings is 2. The summed E-state index contributed by atoms with van der Waals surface area (Å²) in [7, 11) is 0. The van der Waals surface area contributed by atoms with Crippen LogP contribution in [0.1, 0.15) is 23.1 Å². The Labute approximate surface area is 104 Å². The zero-order valence-corrected chi connectivity index (χ0v) is 10.7. The number of hydrogen-bond donors (Lipinski definition) is 0. The van der Waals surface area contributed by atoms with Crippen LogP contribution < -0.4 is 0 Å². The lowest BCUT2D eigenvalue weighted by molar-refractivity contribution is 0.985. The molecule has 17 heavy (non-hydrogen) atoms. The van der Waals surface area contributed by atoms with Gasteiger partial charge in [-0.05, 0) is 48.9 Å². The zero-order valence-electron chi connectivity index (χ0n) is 10.7. The van der Waals surface area contributed by atoms with Crippen LogP contribution in [0.25, 0.3) is 11.1 Å². The minimum absolute atomic E-state index is 0.963. The first-order valence-corrected chi connectivity index (χ1v) is 6.16. The molecule has 0 nitrogen and oxygen atoms in total. The second kappa shape index (κ2) is 5.18. The maximum atomic E-state index is 3.91. The fourth-order valence-corrected chi connectivity index (χ4v) is 2.09. The first-order valence-electron chi connectivity index (χ1n) is 6.16. The molecule has 2 aromatic carbocycles. The Morgan fingerprint density at radius 3 is 2.12 bits per heavy atom. The average molecular weight is 223 g/mol. The lowest BCUT2D eigenvalue weighted by Crippen LogP contribution is -1.89. The highest BCUT2D eigenvalue weighted by molar-refractivity contribution is 5.65. The second-order valence-electron chi connectivity index (χ2n) is 4.61. The summed E-state index contributed by atoms with van der Waals surface area (Å²) in [6.07, 6.45) is 2.03. The highest BCUT2D eigenvalue weighted by Crippen LogP contribution is 2.23. The van der Waals surface area contributed by atoms with E-state index in [9.17, 15) is 0 Å². The van der Waals surface area contributed by atoms with Gasteiger partial charge in [0.25, 0.3) is 0 Å². The van der Waals surface area contributed by atoms with Crippen molar-refractivity contribution in [2.24, 2.45) is 0 Å². The Balaban J connectivity index is 2.34. The van der Waals surface area contributed by atoms with Gasteiger partial charge in [0.1, 0.15) is 0 Å². The molecular weight excluding hydrogens is 204 g/mol. The van der Waals surface area contributed by atoms with Gasteiger partial charge in [-0.3, -0.25) is 0 Å². The maximum absolute atomic E-state index is 3.91. The quantitative estimate of drug-likeness (QED) is 0.705. The molecule has 0 saturated carbocycles. The van der Waals surface area contributed by atoms with Crippen LogP contribution >= 0.6 is 0 Å². The predicted octanol–water partition coefficient (Wildman–Crippen LogP) is 4.74. The van der Waals surface area contributed by atoms with Gasteiger partial charge in [0.2, 0.25) is 0 Å². The topological polar surface area (TPSA) is 0 Å². The van der Waals surface area contributed by atoms with E-state index in [-0.39, 0.29) is 0 Å². The van der Waals surface area contributed by atoms with E-state index in [0.717, 1.165) is 12.8 Å². The molecule has 0 unspecified atom stereocenters. The molecule has 0 heteroatoms. The van der Waals surface area contributed by atoms with E-state index < -0.39 is 0 Å². The molecule has 2 aromatic rings. The molecule has 0 amide bonds. The summed E-state index contributed by atoms with van der Waals surface area (Å²) < 4.78 is 0. The van der Waals surface area contributed by atoms with Crippen LogP contribution in [-0.4, -0.2) is 0 Å². The van der Waals surface area contributed by atoms with Crippen LogP contribution in [0.3, 0.4) is 0 Å². The molecule has 0 heterocycles. The first-order chi connectivity index (χ1) is 8.20. The first kappa shape index (κ1) is 11.9. The van der Waals surface area contributed by atoms with Gasteiger partial charge in [0.15, 0.2) is 0 Å². The van der Waals surface area contributed by atoms with Crippen molar-refractivity contribution < 1.29 is 0 Å². The molecule has 1 radical (unpaired) electrons. The molecule has 0 aliphatic carbocycles. The van der Waals surface area contributed by atoms with Gasteiger partial charge < -0.3 is 0 Å². The van der Waals surface area contributed by atoms with Gasteiger partial charge >= 0.3 is 0 Å². The normalized spacial score (nSPS) is 10.5. The molecule has 0 fully saturated rings. The smallest absolute Gasteiger partial charge is 0.0181 e. The largest absolute Gasteiger partial charge is 0.0587 e. The van der Waals surface area contributed by atoms with E-state index in [1.54, 1.807) is 0 Å². The number of hydrogen-bond acceptors (Lipinski definition) is 0. The fraction of sp³-hybridized carbons (Fsp3) is 0.235. The van der Waals surface area contributed by atoms with Crippen molar-refractivity contribution in [3.63, 3.8) is 0 Å². The molecule has 0 N–H and O–H groups in total. The van der Waals surface area contributed by atoms with Crippen LogP contribution in [0.5, 0.6) is 0 Å². The van der Waals surface area contributed by atoms with Crippen LogP contribution in [-0.2, 0) is 6.42 Å². The summed E-state index contributed by atoms with van der Waals surface area (Å²) in [5.74, 6) is 0. The van der Waals surface area contributed by atoms with E-state index in [4.69, 9.17) is 0 Å². The van der Waals surface area contributed by atoms with Crippen LogP contribution in [0, 0.1) is 20.8 Å². The third-order valence-corrected chi connectivity index (χ3v) is 3.17. The van der Waals surface area contributed by atoms with E-state index >= 15 is 0 Å². The lowest BCUT2D eigenvalue weighted by Gasteiger charge is -2.08. The van der Waals surface area contributed by atoms with Crippen molar-refractivity contribution in [3.05, 3.63) is 66.1 Å². The Morgan fingerprint density at radius 2 is 1.53 bits per heavy atom. The van der Waals surface area contributed by atoms with Gasteiger partial charge in [-0.15, -0.1) is 0 Å². The molecular formula is C17H19. The molecule has 0 atom stereocenters. The van der Waals surface area contributed by atoms with Crippen LogP contribution in [0.4, 0.5) is 0 Å². The Bertz CT molecular complexity index is 492. The van der Waals surface area contributed by atoms with Gasteiger partial charge in [0.05, 0.1) is 0 Å². The molecule has 0 spiro atoms. The molecule has 2 rings (SSSR count). The van der Waals surface area contributed by atoms with E-state index in [1.165, 1.54) is 27.8 Å². The summed E-state index contributed by atoms with van der Waals surface area (Å²) in [5.41, 5.74) is 6.68. The maximum Gasteiger partial charge on any atom is -0.0181 e. The van der Waals surface area contributed by atoms with Crippen molar-refractivity contribution in [1.82, 2.24) is 0 Å². The minimum atomic E-state index is 0.963. The summed E-state index contributed by atoms with van der Waals surface area (Å²) in [4.78, 5) is 0. The zero-order chi connectivity index (χ0) is 12.3. The standard InChI is InChI=1S/C17H19/c1-4-5-15-10-11-17(12-14(15)3)16-8-6-13(2)7-9-16/h6-12H,1,4-5H2,2-3H3. The van der Waals surface area contributed by atoms with Crippen molar-refractivity contribution >= 4 is 0 Å². The highest BCUT2D eigenvalue weighted by Gasteiger charge is 2.01. The van der Waals surface area contributed by atoms with Gasteiger partial charge in [0, 0.05) is 0 Å². The molecule has 0 aromatic heterocycles. The van der Waals surface area contributed by atoms with E-state index in [0.29, 0.717) is 0 Å². The third kappa shape index (κ3) is 2.76.